The lowest BCUT2D eigenvalue weighted by atomic mass is 9.77. The summed E-state index contributed by atoms with van der Waals surface area (Å²) in [5, 5.41) is 5.19. The van der Waals surface area contributed by atoms with Gasteiger partial charge in [0.05, 0.1) is 11.6 Å². The molecule has 1 aliphatic heterocycles. The Morgan fingerprint density at radius 2 is 1.91 bits per heavy atom. The van der Waals surface area contributed by atoms with Gasteiger partial charge in [-0.05, 0) is 50.1 Å². The minimum atomic E-state index is -0.616. The SMILES string of the molecule is Cc1onc(-c2ccccc2Cl)c1C(=O)N1CCC[C@@](COc2ccc(Cl)cc2)(CC(N)=O)C1. The van der Waals surface area contributed by atoms with Crippen LogP contribution in [0.25, 0.3) is 11.3 Å². The highest BCUT2D eigenvalue weighted by Gasteiger charge is 2.41. The molecule has 0 bridgehead atoms. The molecule has 1 aromatic heterocycles. The summed E-state index contributed by atoms with van der Waals surface area (Å²) in [5.41, 5.74) is 6.37. The van der Waals surface area contributed by atoms with Crippen molar-refractivity contribution in [3.63, 3.8) is 0 Å². The van der Waals surface area contributed by atoms with Gasteiger partial charge in [-0.15, -0.1) is 0 Å². The van der Waals surface area contributed by atoms with Crippen LogP contribution in [0.2, 0.25) is 10.0 Å². The number of nitrogens with two attached hydrogens (primary N) is 1. The second-order valence-corrected chi connectivity index (χ2v) is 9.50. The van der Waals surface area contributed by atoms with Crippen LogP contribution < -0.4 is 10.5 Å². The topological polar surface area (TPSA) is 98.7 Å². The number of rotatable bonds is 7. The molecule has 2 amide bonds. The maximum Gasteiger partial charge on any atom is 0.259 e. The van der Waals surface area contributed by atoms with Crippen LogP contribution in [0.4, 0.5) is 0 Å². The van der Waals surface area contributed by atoms with Crippen molar-refractivity contribution in [2.75, 3.05) is 19.7 Å². The summed E-state index contributed by atoms with van der Waals surface area (Å²) in [4.78, 5) is 27.4. The Hall–Kier alpha value is -3.03. The minimum Gasteiger partial charge on any atom is -0.493 e. The highest BCUT2D eigenvalue weighted by molar-refractivity contribution is 6.33. The molecule has 1 saturated heterocycles. The Kier molecular flexibility index (Phi) is 7.14. The van der Waals surface area contributed by atoms with Crippen molar-refractivity contribution in [2.45, 2.75) is 26.2 Å². The number of likely N-dealkylation sites (tertiary alicyclic amines) is 1. The van der Waals surface area contributed by atoms with E-state index in [1.54, 1.807) is 48.2 Å². The Morgan fingerprint density at radius 1 is 1.18 bits per heavy atom. The lowest BCUT2D eigenvalue weighted by Gasteiger charge is -2.42. The third kappa shape index (κ3) is 5.21. The van der Waals surface area contributed by atoms with Gasteiger partial charge in [0.1, 0.15) is 22.8 Å². The first-order valence-corrected chi connectivity index (χ1v) is 11.7. The quantitative estimate of drug-likeness (QED) is 0.483. The summed E-state index contributed by atoms with van der Waals surface area (Å²) < 4.78 is 11.4. The van der Waals surface area contributed by atoms with E-state index in [-0.39, 0.29) is 18.9 Å². The Labute approximate surface area is 207 Å². The van der Waals surface area contributed by atoms with Gasteiger partial charge in [0.25, 0.3) is 5.91 Å². The van der Waals surface area contributed by atoms with E-state index < -0.39 is 11.3 Å². The number of piperidine rings is 1. The fourth-order valence-corrected chi connectivity index (χ4v) is 4.80. The zero-order chi connectivity index (χ0) is 24.3. The molecule has 1 fully saturated rings. The zero-order valence-electron chi connectivity index (χ0n) is 18.7. The number of amides is 2. The number of halogens is 2. The first-order valence-electron chi connectivity index (χ1n) is 11.0. The van der Waals surface area contributed by atoms with Gasteiger partial charge in [0, 0.05) is 35.5 Å². The molecule has 2 N–H and O–H groups in total. The predicted octanol–water partition coefficient (Wildman–Crippen LogP) is 5.13. The molecule has 1 aliphatic rings. The summed E-state index contributed by atoms with van der Waals surface area (Å²) >= 11 is 12.3. The number of primary amides is 1. The fraction of sp³-hybridized carbons (Fsp3) is 0.320. The van der Waals surface area contributed by atoms with Crippen LogP contribution in [0.5, 0.6) is 5.75 Å². The van der Waals surface area contributed by atoms with E-state index in [1.165, 1.54) is 0 Å². The molecule has 0 aliphatic carbocycles. The van der Waals surface area contributed by atoms with Crippen molar-refractivity contribution in [3.8, 4) is 17.0 Å². The number of nitrogens with zero attached hydrogens (tertiary/aromatic N) is 2. The van der Waals surface area contributed by atoms with Gasteiger partial charge in [-0.2, -0.15) is 0 Å². The monoisotopic (exact) mass is 501 g/mol. The van der Waals surface area contributed by atoms with Gasteiger partial charge in [-0.25, -0.2) is 0 Å². The first kappa shape index (κ1) is 24.1. The molecule has 0 saturated carbocycles. The second kappa shape index (κ2) is 10.1. The molecule has 1 atom stereocenters. The molecule has 0 spiro atoms. The van der Waals surface area contributed by atoms with Crippen LogP contribution >= 0.6 is 23.2 Å². The van der Waals surface area contributed by atoms with E-state index >= 15 is 0 Å². The third-order valence-corrected chi connectivity index (χ3v) is 6.64. The van der Waals surface area contributed by atoms with E-state index in [9.17, 15) is 9.59 Å². The molecule has 7 nitrogen and oxygen atoms in total. The molecule has 4 rings (SSSR count). The first-order chi connectivity index (χ1) is 16.3. The fourth-order valence-electron chi connectivity index (χ4n) is 4.45. The van der Waals surface area contributed by atoms with Crippen LogP contribution in [0, 0.1) is 12.3 Å². The van der Waals surface area contributed by atoms with Crippen molar-refractivity contribution in [1.82, 2.24) is 10.1 Å². The zero-order valence-corrected chi connectivity index (χ0v) is 20.2. The smallest absolute Gasteiger partial charge is 0.259 e. The highest BCUT2D eigenvalue weighted by Crippen LogP contribution is 2.37. The number of hydrogen-bond acceptors (Lipinski definition) is 5. The van der Waals surface area contributed by atoms with Gasteiger partial charge in [0.2, 0.25) is 5.91 Å². The van der Waals surface area contributed by atoms with E-state index in [0.29, 0.717) is 64.3 Å². The van der Waals surface area contributed by atoms with Gasteiger partial charge in [-0.1, -0.05) is 46.6 Å². The standard InChI is InChI=1S/C25H25Cl2N3O4/c1-16-22(23(29-34-16)19-5-2-3-6-20(19)27)24(32)30-12-4-11-25(14-30,13-21(28)31)15-33-18-9-7-17(26)8-10-18/h2-3,5-10H,4,11-15H2,1H3,(H2,28,31)/t25-/m1/s1. The third-order valence-electron chi connectivity index (χ3n) is 6.06. The maximum absolute atomic E-state index is 13.7. The molecular formula is C25H25Cl2N3O4. The number of ether oxygens (including phenoxy) is 1. The second-order valence-electron chi connectivity index (χ2n) is 8.66. The number of aromatic nitrogens is 1. The summed E-state index contributed by atoms with van der Waals surface area (Å²) in [5.74, 6) is 0.372. The largest absolute Gasteiger partial charge is 0.493 e. The lowest BCUT2D eigenvalue weighted by Crippen LogP contribution is -2.50. The Morgan fingerprint density at radius 3 is 2.62 bits per heavy atom. The minimum absolute atomic E-state index is 0.102. The van der Waals surface area contributed by atoms with Crippen LogP contribution in [-0.2, 0) is 4.79 Å². The van der Waals surface area contributed by atoms with Crippen LogP contribution in [-0.4, -0.2) is 41.6 Å². The van der Waals surface area contributed by atoms with Crippen molar-refractivity contribution in [2.24, 2.45) is 11.1 Å². The average molecular weight is 502 g/mol. The van der Waals surface area contributed by atoms with Crippen molar-refractivity contribution >= 4 is 35.0 Å². The van der Waals surface area contributed by atoms with Gasteiger partial charge >= 0.3 is 0 Å². The Balaban J connectivity index is 1.59. The van der Waals surface area contributed by atoms with E-state index in [1.807, 2.05) is 12.1 Å². The molecule has 2 heterocycles. The predicted molar refractivity (Wildman–Crippen MR) is 130 cm³/mol. The number of carbonyl (C=O) groups excluding carboxylic acids is 2. The van der Waals surface area contributed by atoms with Gasteiger partial charge in [-0.3, -0.25) is 9.59 Å². The highest BCUT2D eigenvalue weighted by atomic mass is 35.5. The summed E-state index contributed by atoms with van der Waals surface area (Å²) in [7, 11) is 0. The molecule has 2 aromatic carbocycles. The van der Waals surface area contributed by atoms with E-state index in [4.69, 9.17) is 38.2 Å². The molecule has 3 aromatic rings. The Bertz CT molecular complexity index is 1200. The summed E-state index contributed by atoms with van der Waals surface area (Å²) in [6.45, 7) is 2.79. The molecule has 0 unspecified atom stereocenters. The number of benzene rings is 2. The average Bonchev–Trinajstić information content (AvgIpc) is 3.19. The molecular weight excluding hydrogens is 477 g/mol. The number of aryl methyl sites for hydroxylation is 1. The normalized spacial score (nSPS) is 18.0. The molecule has 9 heteroatoms. The summed E-state index contributed by atoms with van der Waals surface area (Å²) in [6.07, 6.45) is 1.51. The molecule has 0 radical (unpaired) electrons. The van der Waals surface area contributed by atoms with Crippen molar-refractivity contribution < 1.29 is 18.8 Å². The van der Waals surface area contributed by atoms with Crippen LogP contribution in [0.1, 0.15) is 35.4 Å². The maximum atomic E-state index is 13.7. The van der Waals surface area contributed by atoms with Gasteiger partial charge < -0.3 is 19.9 Å². The van der Waals surface area contributed by atoms with Crippen LogP contribution in [0.3, 0.4) is 0 Å². The lowest BCUT2D eigenvalue weighted by molar-refractivity contribution is -0.122. The van der Waals surface area contributed by atoms with Gasteiger partial charge in [0.15, 0.2) is 0 Å². The van der Waals surface area contributed by atoms with Crippen molar-refractivity contribution in [3.05, 3.63) is 69.9 Å². The van der Waals surface area contributed by atoms with E-state index in [2.05, 4.69) is 5.16 Å². The number of carbonyl (C=O) groups is 2. The van der Waals surface area contributed by atoms with Crippen LogP contribution in [0.15, 0.2) is 53.1 Å². The summed E-state index contributed by atoms with van der Waals surface area (Å²) in [6, 6.07) is 14.2. The van der Waals surface area contributed by atoms with E-state index in [0.717, 1.165) is 0 Å². The number of hydrogen-bond donors (Lipinski definition) is 1. The molecule has 34 heavy (non-hydrogen) atoms. The molecule has 178 valence electrons. The van der Waals surface area contributed by atoms with Crippen molar-refractivity contribution in [1.29, 1.82) is 0 Å².